The summed E-state index contributed by atoms with van der Waals surface area (Å²) in [5.74, 6) is 0.659. The van der Waals surface area contributed by atoms with Gasteiger partial charge in [-0.3, -0.25) is 0 Å². The Bertz CT molecular complexity index is 771. The summed E-state index contributed by atoms with van der Waals surface area (Å²) in [5, 5.41) is 18.9. The predicted molar refractivity (Wildman–Crippen MR) is 93.7 cm³/mol. The van der Waals surface area contributed by atoms with Crippen LogP contribution >= 0.6 is 0 Å². The number of nitriles is 1. The number of carbonyl (C=O) groups is 1. The van der Waals surface area contributed by atoms with E-state index in [4.69, 9.17) is 14.7 Å². The molecule has 1 aromatic heterocycles. The lowest BCUT2D eigenvalue weighted by molar-refractivity contribution is 0.0513. The van der Waals surface area contributed by atoms with Crippen molar-refractivity contribution in [3.63, 3.8) is 0 Å². The molecule has 1 fully saturated rings. The largest absolute Gasteiger partial charge is 0.475 e. The van der Waals surface area contributed by atoms with Crippen LogP contribution in [0, 0.1) is 17.2 Å². The average Bonchev–Trinajstić information content (AvgIpc) is 3.16. The molecule has 2 aromatic rings. The average molecular weight is 354 g/mol. The van der Waals surface area contributed by atoms with Gasteiger partial charge in [-0.05, 0) is 62.1 Å². The summed E-state index contributed by atoms with van der Waals surface area (Å²) in [6.07, 6.45) is 4.28. The van der Waals surface area contributed by atoms with E-state index >= 15 is 0 Å². The Morgan fingerprint density at radius 2 is 2.00 bits per heavy atom. The topological polar surface area (TPSA) is 101 Å². The number of aromatic nitrogens is 3. The van der Waals surface area contributed by atoms with Crippen molar-refractivity contribution in [2.45, 2.75) is 38.5 Å². The van der Waals surface area contributed by atoms with Crippen molar-refractivity contribution in [2.75, 3.05) is 13.2 Å². The number of hydrogen-bond donors (Lipinski definition) is 1. The number of nitrogens with one attached hydrogen (secondary N) is 1. The summed E-state index contributed by atoms with van der Waals surface area (Å²) in [6.45, 7) is 2.55. The molecule has 0 atom stereocenters. The van der Waals surface area contributed by atoms with Gasteiger partial charge in [0.15, 0.2) is 0 Å². The molecule has 1 aromatic carbocycles. The zero-order valence-corrected chi connectivity index (χ0v) is 14.8. The first-order valence-corrected chi connectivity index (χ1v) is 8.92. The Hall–Kier alpha value is -2.88. The fraction of sp³-hybridized carbons (Fsp3) is 0.474. The first kappa shape index (κ1) is 17.9. The molecule has 7 heteroatoms. The van der Waals surface area contributed by atoms with Crippen LogP contribution in [0.15, 0.2) is 24.3 Å². The number of nitrogens with zero attached hydrogens (tertiary/aromatic N) is 3. The molecular weight excluding hydrogens is 332 g/mol. The monoisotopic (exact) mass is 354 g/mol. The van der Waals surface area contributed by atoms with E-state index in [1.807, 2.05) is 12.1 Å². The number of rotatable bonds is 6. The lowest BCUT2D eigenvalue weighted by Crippen LogP contribution is -2.20. The molecule has 0 saturated heterocycles. The van der Waals surface area contributed by atoms with Gasteiger partial charge >= 0.3 is 5.97 Å². The van der Waals surface area contributed by atoms with E-state index in [1.165, 1.54) is 5.56 Å². The second kappa shape index (κ2) is 8.48. The van der Waals surface area contributed by atoms with Crippen molar-refractivity contribution in [1.82, 2.24) is 15.4 Å². The van der Waals surface area contributed by atoms with E-state index < -0.39 is 5.97 Å². The fourth-order valence-electron chi connectivity index (χ4n) is 3.34. The number of esters is 1. The molecule has 1 N–H and O–H groups in total. The lowest BCUT2D eigenvalue weighted by Gasteiger charge is -2.28. The van der Waals surface area contributed by atoms with Crippen LogP contribution in [0.1, 0.15) is 60.1 Å². The molecule has 1 heterocycles. The molecular formula is C19H22N4O3. The summed E-state index contributed by atoms with van der Waals surface area (Å²) in [7, 11) is 0. The van der Waals surface area contributed by atoms with Crippen LogP contribution in [0.5, 0.6) is 5.88 Å². The zero-order chi connectivity index (χ0) is 18.4. The lowest BCUT2D eigenvalue weighted by atomic mass is 9.79. The maximum absolute atomic E-state index is 11.8. The van der Waals surface area contributed by atoms with Gasteiger partial charge in [-0.25, -0.2) is 9.89 Å². The minimum atomic E-state index is -0.503. The summed E-state index contributed by atoms with van der Waals surface area (Å²) in [5.41, 5.74) is 2.16. The van der Waals surface area contributed by atoms with Crippen molar-refractivity contribution in [1.29, 1.82) is 5.26 Å². The maximum atomic E-state index is 11.8. The third kappa shape index (κ3) is 4.20. The highest BCUT2D eigenvalue weighted by Crippen LogP contribution is 2.36. The van der Waals surface area contributed by atoms with E-state index in [1.54, 1.807) is 6.92 Å². The highest BCUT2D eigenvalue weighted by atomic mass is 16.5. The van der Waals surface area contributed by atoms with Gasteiger partial charge in [0, 0.05) is 0 Å². The molecule has 0 bridgehead atoms. The van der Waals surface area contributed by atoms with E-state index in [0.717, 1.165) is 25.7 Å². The van der Waals surface area contributed by atoms with Crippen LogP contribution in [0.3, 0.4) is 0 Å². The van der Waals surface area contributed by atoms with Gasteiger partial charge in [0.2, 0.25) is 5.69 Å². The van der Waals surface area contributed by atoms with Gasteiger partial charge in [0.05, 0.1) is 24.8 Å². The van der Waals surface area contributed by atoms with Crippen molar-refractivity contribution < 1.29 is 14.3 Å². The molecule has 26 heavy (non-hydrogen) atoms. The number of hydrogen-bond acceptors (Lipinski definition) is 6. The Labute approximate surface area is 152 Å². The first-order valence-electron chi connectivity index (χ1n) is 8.92. The number of aromatic amines is 1. The van der Waals surface area contributed by atoms with E-state index in [9.17, 15) is 4.79 Å². The van der Waals surface area contributed by atoms with Gasteiger partial charge in [-0.1, -0.05) is 22.4 Å². The molecule has 0 aliphatic heterocycles. The number of ether oxygens (including phenoxy) is 2. The van der Waals surface area contributed by atoms with Gasteiger partial charge in [-0.15, -0.1) is 0 Å². The normalized spacial score (nSPS) is 19.5. The SMILES string of the molecule is CCOC(=O)c1[nH]nnc1OCC1CCC(c2ccc(C#N)cc2)CC1. The maximum Gasteiger partial charge on any atom is 0.362 e. The summed E-state index contributed by atoms with van der Waals surface area (Å²) >= 11 is 0. The summed E-state index contributed by atoms with van der Waals surface area (Å²) in [6, 6.07) is 10.0. The van der Waals surface area contributed by atoms with Crippen molar-refractivity contribution in [2.24, 2.45) is 5.92 Å². The zero-order valence-electron chi connectivity index (χ0n) is 14.8. The van der Waals surface area contributed by atoms with E-state index in [2.05, 4.69) is 33.6 Å². The molecule has 0 radical (unpaired) electrons. The highest BCUT2D eigenvalue weighted by molar-refractivity contribution is 5.89. The molecule has 1 saturated carbocycles. The van der Waals surface area contributed by atoms with Crippen LogP contribution in [-0.2, 0) is 4.74 Å². The van der Waals surface area contributed by atoms with Crippen LogP contribution in [0.2, 0.25) is 0 Å². The number of H-pyrrole nitrogens is 1. The van der Waals surface area contributed by atoms with E-state index in [-0.39, 0.29) is 18.2 Å². The third-order valence-corrected chi connectivity index (χ3v) is 4.81. The van der Waals surface area contributed by atoms with Crippen LogP contribution in [0.25, 0.3) is 0 Å². The Morgan fingerprint density at radius 1 is 1.27 bits per heavy atom. The molecule has 1 aliphatic carbocycles. The predicted octanol–water partition coefficient (Wildman–Crippen LogP) is 3.21. The second-order valence-corrected chi connectivity index (χ2v) is 6.47. The van der Waals surface area contributed by atoms with Gasteiger partial charge in [-0.2, -0.15) is 5.26 Å². The number of carbonyl (C=O) groups excluding carboxylic acids is 1. The molecule has 0 unspecified atom stereocenters. The smallest absolute Gasteiger partial charge is 0.362 e. The van der Waals surface area contributed by atoms with Crippen molar-refractivity contribution >= 4 is 5.97 Å². The summed E-state index contributed by atoms with van der Waals surface area (Å²) in [4.78, 5) is 11.8. The van der Waals surface area contributed by atoms with Crippen LogP contribution in [-0.4, -0.2) is 34.6 Å². The molecule has 1 aliphatic rings. The third-order valence-electron chi connectivity index (χ3n) is 4.81. The minimum absolute atomic E-state index is 0.165. The molecule has 0 amide bonds. The Balaban J connectivity index is 1.49. The second-order valence-electron chi connectivity index (χ2n) is 6.47. The van der Waals surface area contributed by atoms with Crippen molar-refractivity contribution in [3.8, 4) is 11.9 Å². The molecule has 3 rings (SSSR count). The quantitative estimate of drug-likeness (QED) is 0.799. The molecule has 0 spiro atoms. The standard InChI is InChI=1S/C19H22N4O3/c1-2-25-19(24)17-18(22-23-21-17)26-12-14-5-9-16(10-6-14)15-7-3-13(11-20)4-8-15/h3-4,7-8,14,16H,2,5-6,9-10,12H2,1H3,(H,21,22,23). The van der Waals surface area contributed by atoms with Crippen LogP contribution < -0.4 is 4.74 Å². The van der Waals surface area contributed by atoms with Gasteiger partial charge in [0.1, 0.15) is 0 Å². The summed E-state index contributed by atoms with van der Waals surface area (Å²) < 4.78 is 10.7. The molecule has 136 valence electrons. The van der Waals surface area contributed by atoms with Crippen molar-refractivity contribution in [3.05, 3.63) is 41.1 Å². The number of benzene rings is 1. The van der Waals surface area contributed by atoms with E-state index in [0.29, 0.717) is 24.0 Å². The van der Waals surface area contributed by atoms with Gasteiger partial charge < -0.3 is 9.47 Å². The first-order chi connectivity index (χ1) is 12.7. The minimum Gasteiger partial charge on any atom is -0.475 e. The highest BCUT2D eigenvalue weighted by Gasteiger charge is 2.24. The fourth-order valence-corrected chi connectivity index (χ4v) is 3.34. The molecule has 7 nitrogen and oxygen atoms in total. The Morgan fingerprint density at radius 3 is 2.65 bits per heavy atom. The van der Waals surface area contributed by atoms with Crippen LogP contribution in [0.4, 0.5) is 0 Å². The van der Waals surface area contributed by atoms with Gasteiger partial charge in [0.25, 0.3) is 5.88 Å². The Kier molecular flexibility index (Phi) is 5.84.